The van der Waals surface area contributed by atoms with Crippen LogP contribution >= 0.6 is 11.3 Å². The molecule has 12 heteroatoms. The van der Waals surface area contributed by atoms with Gasteiger partial charge >= 0.3 is 5.76 Å². The predicted molar refractivity (Wildman–Crippen MR) is 101 cm³/mol. The van der Waals surface area contributed by atoms with E-state index in [1.165, 1.54) is 6.07 Å². The van der Waals surface area contributed by atoms with Crippen molar-refractivity contribution in [1.82, 2.24) is 9.88 Å². The van der Waals surface area contributed by atoms with Crippen LogP contribution in [0.3, 0.4) is 0 Å². The maximum atomic E-state index is 12.7. The molecule has 3 rings (SSSR count). The van der Waals surface area contributed by atoms with E-state index in [1.54, 1.807) is 22.4 Å². The zero-order valence-corrected chi connectivity index (χ0v) is 16.5. The van der Waals surface area contributed by atoms with Crippen molar-refractivity contribution in [3.05, 3.63) is 44.9 Å². The van der Waals surface area contributed by atoms with E-state index < -0.39 is 31.1 Å². The van der Waals surface area contributed by atoms with Crippen molar-refractivity contribution in [2.24, 2.45) is 0 Å². The third kappa shape index (κ3) is 3.98. The van der Waals surface area contributed by atoms with Crippen LogP contribution in [-0.2, 0) is 9.84 Å². The molecule has 0 spiro atoms. The average Bonchev–Trinajstić information content (AvgIpc) is 3.21. The van der Waals surface area contributed by atoms with E-state index in [0.717, 1.165) is 11.1 Å². The van der Waals surface area contributed by atoms with Gasteiger partial charge in [0.25, 0.3) is 5.69 Å². The summed E-state index contributed by atoms with van der Waals surface area (Å²) in [5.41, 5.74) is -0.275. The predicted octanol–water partition coefficient (Wildman–Crippen LogP) is 2.93. The van der Waals surface area contributed by atoms with E-state index in [4.69, 9.17) is 0 Å². The van der Waals surface area contributed by atoms with Gasteiger partial charge < -0.3 is 4.90 Å². The zero-order valence-electron chi connectivity index (χ0n) is 14.9. The number of nitro groups is 1. The van der Waals surface area contributed by atoms with Crippen LogP contribution in [0, 0.1) is 10.1 Å². The SMILES string of the molecule is CC(c1nccs1)N1CCN(c2ccc(S(=O)(=O)C(F)F)cc2[N+](=O)[O-])CC1. The van der Waals surface area contributed by atoms with Gasteiger partial charge in [0.1, 0.15) is 10.7 Å². The van der Waals surface area contributed by atoms with Crippen molar-refractivity contribution >= 4 is 32.5 Å². The van der Waals surface area contributed by atoms with E-state index >= 15 is 0 Å². The van der Waals surface area contributed by atoms with Crippen LogP contribution < -0.4 is 4.90 Å². The highest BCUT2D eigenvalue weighted by Gasteiger charge is 2.32. The number of thiazole rings is 1. The smallest absolute Gasteiger partial charge is 0.341 e. The summed E-state index contributed by atoms with van der Waals surface area (Å²) in [5.74, 6) is -3.63. The first kappa shape index (κ1) is 20.6. The summed E-state index contributed by atoms with van der Waals surface area (Å²) in [4.78, 5) is 18.2. The molecule has 8 nitrogen and oxygen atoms in total. The van der Waals surface area contributed by atoms with Crippen LogP contribution in [0.4, 0.5) is 20.2 Å². The molecule has 1 unspecified atom stereocenters. The van der Waals surface area contributed by atoms with E-state index in [1.807, 2.05) is 12.3 Å². The van der Waals surface area contributed by atoms with Gasteiger partial charge in [-0.2, -0.15) is 8.78 Å². The number of sulfone groups is 1. The minimum absolute atomic E-state index is 0.121. The summed E-state index contributed by atoms with van der Waals surface area (Å²) < 4.78 is 48.7. The van der Waals surface area contributed by atoms with Crippen molar-refractivity contribution in [2.75, 3.05) is 31.1 Å². The number of benzene rings is 1. The molecule has 0 radical (unpaired) electrons. The van der Waals surface area contributed by atoms with Gasteiger partial charge in [-0.1, -0.05) is 0 Å². The van der Waals surface area contributed by atoms with Gasteiger partial charge in [0.15, 0.2) is 0 Å². The first-order chi connectivity index (χ1) is 13.2. The highest BCUT2D eigenvalue weighted by atomic mass is 32.2. The summed E-state index contributed by atoms with van der Waals surface area (Å²) in [6, 6.07) is 3.05. The van der Waals surface area contributed by atoms with Crippen molar-refractivity contribution in [3.8, 4) is 0 Å². The number of hydrogen-bond donors (Lipinski definition) is 0. The van der Waals surface area contributed by atoms with Crippen LogP contribution in [0.1, 0.15) is 18.0 Å². The fourth-order valence-electron chi connectivity index (χ4n) is 3.14. The second-order valence-corrected chi connectivity index (χ2v) is 9.13. The van der Waals surface area contributed by atoms with Crippen molar-refractivity contribution in [1.29, 1.82) is 0 Å². The summed E-state index contributed by atoms with van der Waals surface area (Å²) in [7, 11) is -4.90. The van der Waals surface area contributed by atoms with Crippen molar-refractivity contribution < 1.29 is 22.1 Å². The standard InChI is InChI=1S/C16H18F2N4O4S2/c1-11(15-19-4-9-27-15)20-5-7-21(8-6-20)13-3-2-12(10-14(13)22(23)24)28(25,26)16(17)18/h2-4,9-11,16H,5-8H2,1H3. The van der Waals surface area contributed by atoms with Gasteiger partial charge in [0.2, 0.25) is 9.84 Å². The number of nitrogens with zero attached hydrogens (tertiary/aromatic N) is 4. The monoisotopic (exact) mass is 432 g/mol. The summed E-state index contributed by atoms with van der Waals surface area (Å²) in [6.07, 6.45) is 1.74. The van der Waals surface area contributed by atoms with Gasteiger partial charge in [-0.25, -0.2) is 13.4 Å². The number of halogens is 2. The third-order valence-corrected chi connectivity index (χ3v) is 7.04. The van der Waals surface area contributed by atoms with Gasteiger partial charge in [0.05, 0.1) is 15.9 Å². The molecule has 152 valence electrons. The maximum absolute atomic E-state index is 12.7. The molecule has 1 aromatic heterocycles. The Labute approximate surface area is 164 Å². The molecule has 0 saturated carbocycles. The second kappa shape index (κ2) is 8.05. The first-order valence-corrected chi connectivity index (χ1v) is 10.8. The van der Waals surface area contributed by atoms with Gasteiger partial charge in [-0.15, -0.1) is 11.3 Å². The number of piperazine rings is 1. The van der Waals surface area contributed by atoms with Crippen LogP contribution in [0.5, 0.6) is 0 Å². The van der Waals surface area contributed by atoms with Crippen LogP contribution in [0.15, 0.2) is 34.7 Å². The molecule has 2 aromatic rings. The molecule has 1 aliphatic rings. The van der Waals surface area contributed by atoms with E-state index in [0.29, 0.717) is 32.2 Å². The summed E-state index contributed by atoms with van der Waals surface area (Å²) >= 11 is 1.56. The minimum atomic E-state index is -4.90. The lowest BCUT2D eigenvalue weighted by atomic mass is 10.2. The van der Waals surface area contributed by atoms with E-state index in [2.05, 4.69) is 9.88 Å². The first-order valence-electron chi connectivity index (χ1n) is 8.40. The molecule has 0 bridgehead atoms. The zero-order chi connectivity index (χ0) is 20.5. The average molecular weight is 432 g/mol. The van der Waals surface area contributed by atoms with Gasteiger partial charge in [0, 0.05) is 43.8 Å². The second-order valence-electron chi connectivity index (χ2n) is 6.28. The topological polar surface area (TPSA) is 96.7 Å². The fraction of sp³-hybridized carbons (Fsp3) is 0.438. The number of anilines is 1. The number of nitro benzene ring substituents is 1. The van der Waals surface area contributed by atoms with E-state index in [-0.39, 0.29) is 11.7 Å². The Kier molecular flexibility index (Phi) is 5.91. The number of rotatable bonds is 6. The van der Waals surface area contributed by atoms with Crippen LogP contribution in [-0.4, -0.2) is 55.2 Å². The number of aromatic nitrogens is 1. The fourth-order valence-corrected chi connectivity index (χ4v) is 4.61. The minimum Gasteiger partial charge on any atom is -0.363 e. The lowest BCUT2D eigenvalue weighted by Crippen LogP contribution is -2.47. The lowest BCUT2D eigenvalue weighted by Gasteiger charge is -2.38. The van der Waals surface area contributed by atoms with Crippen molar-refractivity contribution in [3.63, 3.8) is 0 Å². The lowest BCUT2D eigenvalue weighted by molar-refractivity contribution is -0.384. The summed E-state index contributed by atoms with van der Waals surface area (Å²) in [6.45, 7) is 4.28. The largest absolute Gasteiger partial charge is 0.363 e. The maximum Gasteiger partial charge on any atom is 0.341 e. The van der Waals surface area contributed by atoms with Crippen molar-refractivity contribution in [2.45, 2.75) is 23.6 Å². The normalized spacial score (nSPS) is 17.1. The third-order valence-electron chi connectivity index (χ3n) is 4.72. The molecule has 0 amide bonds. The Hall–Kier alpha value is -2.18. The molecular formula is C16H18F2N4O4S2. The molecule has 1 fully saturated rings. The highest BCUT2D eigenvalue weighted by molar-refractivity contribution is 7.91. The molecule has 1 aromatic carbocycles. The Morgan fingerprint density at radius 3 is 2.46 bits per heavy atom. The highest BCUT2D eigenvalue weighted by Crippen LogP contribution is 2.34. The Morgan fingerprint density at radius 2 is 1.93 bits per heavy atom. The Morgan fingerprint density at radius 1 is 1.25 bits per heavy atom. The number of alkyl halides is 2. The Bertz CT molecular complexity index is 946. The number of hydrogen-bond acceptors (Lipinski definition) is 8. The molecule has 0 N–H and O–H groups in total. The molecule has 1 saturated heterocycles. The summed E-state index contributed by atoms with van der Waals surface area (Å²) in [5, 5.41) is 14.3. The molecule has 28 heavy (non-hydrogen) atoms. The molecule has 0 aliphatic carbocycles. The van der Waals surface area contributed by atoms with Crippen LogP contribution in [0.25, 0.3) is 0 Å². The quantitative estimate of drug-likeness (QED) is 0.511. The molecule has 1 aliphatic heterocycles. The van der Waals surface area contributed by atoms with Crippen LogP contribution in [0.2, 0.25) is 0 Å². The van der Waals surface area contributed by atoms with Gasteiger partial charge in [-0.05, 0) is 19.1 Å². The Balaban J connectivity index is 1.80. The van der Waals surface area contributed by atoms with E-state index in [9.17, 15) is 27.3 Å². The molecule has 1 atom stereocenters. The van der Waals surface area contributed by atoms with Gasteiger partial charge in [-0.3, -0.25) is 15.0 Å². The molecular weight excluding hydrogens is 414 g/mol. The molecule has 2 heterocycles.